The molecule has 3 rings (SSSR count). The van der Waals surface area contributed by atoms with Crippen molar-refractivity contribution in [2.75, 3.05) is 26.9 Å². The molecule has 0 amide bonds. The largest absolute Gasteiger partial charge is 0.324 e. The Morgan fingerprint density at radius 3 is 2.33 bits per heavy atom. The Labute approximate surface area is 183 Å². The van der Waals surface area contributed by atoms with E-state index in [9.17, 15) is 17.2 Å². The van der Waals surface area contributed by atoms with Crippen molar-refractivity contribution in [3.63, 3.8) is 0 Å². The summed E-state index contributed by atoms with van der Waals surface area (Å²) in [6.45, 7) is 0.0262. The number of hydrogen-bond acceptors (Lipinski definition) is 4. The zero-order chi connectivity index (χ0) is 22.1. The average molecular weight is 473 g/mol. The van der Waals surface area contributed by atoms with Gasteiger partial charge in [-0.05, 0) is 36.1 Å². The summed E-state index contributed by atoms with van der Waals surface area (Å²) in [6, 6.07) is 10.3. The normalized spacial score (nSPS) is 17.6. The first kappa shape index (κ1) is 22.7. The Bertz CT molecular complexity index is 1090. The monoisotopic (exact) mass is 472 g/mol. The SMILES string of the molecule is CS/C(=N\S(=O)(=O)N(C)C)N1CC(c2c(F)cccc2F)C(c2ccc(Cl)cc2)=N1. The quantitative estimate of drug-likeness (QED) is 0.499. The third-order valence-electron chi connectivity index (χ3n) is 4.46. The van der Waals surface area contributed by atoms with Crippen LogP contribution in [0, 0.1) is 11.6 Å². The zero-order valence-electron chi connectivity index (χ0n) is 16.4. The fraction of sp³-hybridized carbons (Fsp3) is 0.263. The molecule has 6 nitrogen and oxygen atoms in total. The molecule has 0 saturated carbocycles. The van der Waals surface area contributed by atoms with Gasteiger partial charge in [0, 0.05) is 24.7 Å². The van der Waals surface area contributed by atoms with Crippen LogP contribution < -0.4 is 0 Å². The summed E-state index contributed by atoms with van der Waals surface area (Å²) in [4.78, 5) is 0. The van der Waals surface area contributed by atoms with Crippen molar-refractivity contribution >= 4 is 44.5 Å². The predicted octanol–water partition coefficient (Wildman–Crippen LogP) is 3.95. The highest BCUT2D eigenvalue weighted by Gasteiger charge is 2.35. The Hall–Kier alpha value is -2.01. The Morgan fingerprint density at radius 2 is 1.80 bits per heavy atom. The van der Waals surface area contributed by atoms with Crippen LogP contribution in [-0.4, -0.2) is 55.5 Å². The second-order valence-electron chi connectivity index (χ2n) is 6.60. The summed E-state index contributed by atoms with van der Waals surface area (Å²) in [7, 11) is -1.19. The molecule has 0 aromatic heterocycles. The van der Waals surface area contributed by atoms with E-state index >= 15 is 0 Å². The van der Waals surface area contributed by atoms with Crippen LogP contribution in [-0.2, 0) is 10.2 Å². The van der Waals surface area contributed by atoms with Gasteiger partial charge in [0.05, 0.1) is 18.2 Å². The van der Waals surface area contributed by atoms with Crippen LogP contribution in [0.25, 0.3) is 0 Å². The van der Waals surface area contributed by atoms with Crippen molar-refractivity contribution in [1.82, 2.24) is 9.31 Å². The molecule has 1 aliphatic heterocycles. The third kappa shape index (κ3) is 4.66. The number of benzene rings is 2. The lowest BCUT2D eigenvalue weighted by molar-refractivity contribution is 0.466. The molecule has 30 heavy (non-hydrogen) atoms. The smallest absolute Gasteiger partial charge is 0.240 e. The number of thioether (sulfide) groups is 1. The minimum atomic E-state index is -3.91. The molecular formula is C19H19ClF2N4O2S2. The zero-order valence-corrected chi connectivity index (χ0v) is 18.8. The lowest BCUT2D eigenvalue weighted by atomic mass is 9.90. The molecule has 1 atom stereocenters. The van der Waals surface area contributed by atoms with Gasteiger partial charge in [0.1, 0.15) is 11.6 Å². The van der Waals surface area contributed by atoms with Crippen LogP contribution in [0.1, 0.15) is 17.0 Å². The van der Waals surface area contributed by atoms with E-state index in [2.05, 4.69) is 9.50 Å². The first-order valence-electron chi connectivity index (χ1n) is 8.76. The molecule has 1 heterocycles. The number of hydrazone groups is 1. The molecule has 2 aromatic carbocycles. The van der Waals surface area contributed by atoms with Crippen molar-refractivity contribution in [2.45, 2.75) is 5.92 Å². The van der Waals surface area contributed by atoms with Crippen LogP contribution in [0.15, 0.2) is 52.0 Å². The molecule has 1 aliphatic rings. The van der Waals surface area contributed by atoms with E-state index in [0.717, 1.165) is 16.1 Å². The van der Waals surface area contributed by atoms with Gasteiger partial charge in [0.25, 0.3) is 0 Å². The van der Waals surface area contributed by atoms with E-state index in [-0.39, 0.29) is 17.3 Å². The Morgan fingerprint density at radius 1 is 1.20 bits per heavy atom. The lowest BCUT2D eigenvalue weighted by Gasteiger charge is -2.18. The lowest BCUT2D eigenvalue weighted by Crippen LogP contribution is -2.28. The first-order chi connectivity index (χ1) is 14.1. The molecule has 0 saturated heterocycles. The molecule has 1 unspecified atom stereocenters. The predicted molar refractivity (Wildman–Crippen MR) is 117 cm³/mol. The van der Waals surface area contributed by atoms with Gasteiger partial charge in [-0.25, -0.2) is 13.8 Å². The minimum absolute atomic E-state index is 0.0262. The van der Waals surface area contributed by atoms with Crippen LogP contribution in [0.2, 0.25) is 5.02 Å². The average Bonchev–Trinajstić information content (AvgIpc) is 3.11. The van der Waals surface area contributed by atoms with Gasteiger partial charge >= 0.3 is 10.2 Å². The third-order valence-corrected chi connectivity index (χ3v) is 6.82. The van der Waals surface area contributed by atoms with Crippen molar-refractivity contribution in [2.24, 2.45) is 9.50 Å². The molecule has 0 N–H and O–H groups in total. The van der Waals surface area contributed by atoms with Crippen molar-refractivity contribution in [1.29, 1.82) is 0 Å². The second-order valence-corrected chi connectivity index (χ2v) is 9.62. The van der Waals surface area contributed by atoms with Gasteiger partial charge in [-0.2, -0.15) is 17.8 Å². The van der Waals surface area contributed by atoms with Gasteiger partial charge in [0.15, 0.2) is 5.17 Å². The van der Waals surface area contributed by atoms with E-state index in [0.29, 0.717) is 16.3 Å². The summed E-state index contributed by atoms with van der Waals surface area (Å²) in [6.07, 6.45) is 1.65. The second kappa shape index (κ2) is 9.01. The summed E-state index contributed by atoms with van der Waals surface area (Å²) in [5.74, 6) is -2.18. The minimum Gasteiger partial charge on any atom is -0.240 e. The number of halogens is 3. The Kier molecular flexibility index (Phi) is 6.81. The topological polar surface area (TPSA) is 65.3 Å². The number of amidine groups is 1. The molecule has 11 heteroatoms. The summed E-state index contributed by atoms with van der Waals surface area (Å²) >= 11 is 7.03. The van der Waals surface area contributed by atoms with Crippen LogP contribution in [0.5, 0.6) is 0 Å². The maximum atomic E-state index is 14.6. The van der Waals surface area contributed by atoms with Gasteiger partial charge < -0.3 is 0 Å². The maximum Gasteiger partial charge on any atom is 0.324 e. The molecular weight excluding hydrogens is 454 g/mol. The number of rotatable bonds is 4. The molecule has 2 aromatic rings. The summed E-state index contributed by atoms with van der Waals surface area (Å²) < 4.78 is 58.4. The molecule has 0 aliphatic carbocycles. The van der Waals surface area contributed by atoms with Gasteiger partial charge in [-0.1, -0.05) is 41.6 Å². The number of hydrogen-bond donors (Lipinski definition) is 0. The van der Waals surface area contributed by atoms with Crippen molar-refractivity contribution in [3.05, 3.63) is 70.2 Å². The highest BCUT2D eigenvalue weighted by atomic mass is 35.5. The van der Waals surface area contributed by atoms with Crippen LogP contribution in [0.4, 0.5) is 8.78 Å². The molecule has 0 spiro atoms. The van der Waals surface area contributed by atoms with E-state index in [1.807, 2.05) is 0 Å². The molecule has 0 radical (unpaired) electrons. The van der Waals surface area contributed by atoms with Gasteiger partial charge in [-0.3, -0.25) is 0 Å². The van der Waals surface area contributed by atoms with Crippen LogP contribution in [0.3, 0.4) is 0 Å². The van der Waals surface area contributed by atoms with Crippen molar-refractivity contribution in [3.8, 4) is 0 Å². The van der Waals surface area contributed by atoms with E-state index in [1.165, 1.54) is 37.3 Å². The summed E-state index contributed by atoms with van der Waals surface area (Å²) in [5, 5.41) is 6.43. The van der Waals surface area contributed by atoms with E-state index < -0.39 is 27.8 Å². The first-order valence-corrected chi connectivity index (χ1v) is 11.8. The van der Waals surface area contributed by atoms with E-state index in [4.69, 9.17) is 11.6 Å². The maximum absolute atomic E-state index is 14.6. The summed E-state index contributed by atoms with van der Waals surface area (Å²) in [5.41, 5.74) is 0.870. The van der Waals surface area contributed by atoms with Gasteiger partial charge in [0.2, 0.25) is 0 Å². The fourth-order valence-electron chi connectivity index (χ4n) is 2.94. The molecule has 0 bridgehead atoms. The standard InChI is InChI=1S/C19H19ClF2N4O2S2/c1-25(2)30(27,28)24-19(29-3)26-11-14(17-15(21)5-4-6-16(17)22)18(23-26)12-7-9-13(20)10-8-12/h4-10,14H,11H2,1-3H3/b24-19-. The fourth-order valence-corrected chi connectivity index (χ4v) is 4.43. The van der Waals surface area contributed by atoms with Crippen molar-refractivity contribution < 1.29 is 17.2 Å². The highest BCUT2D eigenvalue weighted by Crippen LogP contribution is 2.33. The van der Waals surface area contributed by atoms with Crippen LogP contribution >= 0.6 is 23.4 Å². The van der Waals surface area contributed by atoms with Gasteiger partial charge in [-0.15, -0.1) is 4.40 Å². The highest BCUT2D eigenvalue weighted by molar-refractivity contribution is 8.13. The number of nitrogens with zero attached hydrogens (tertiary/aromatic N) is 4. The van der Waals surface area contributed by atoms with E-state index in [1.54, 1.807) is 30.5 Å². The Balaban J connectivity index is 2.12. The molecule has 160 valence electrons. The molecule has 0 fully saturated rings.